The highest BCUT2D eigenvalue weighted by Gasteiger charge is 2.45. The average Bonchev–Trinajstić information content (AvgIpc) is 2.70. The lowest BCUT2D eigenvalue weighted by Gasteiger charge is -2.39. The first-order valence-electron chi connectivity index (χ1n) is 9.27. The van der Waals surface area contributed by atoms with E-state index in [1.807, 2.05) is 6.92 Å². The van der Waals surface area contributed by atoms with Crippen LogP contribution in [-0.4, -0.2) is 48.2 Å². The Kier molecular flexibility index (Phi) is 5.01. The molecule has 1 saturated heterocycles. The number of benzene rings is 1. The van der Waals surface area contributed by atoms with Crippen LogP contribution in [0.2, 0.25) is 5.02 Å². The number of alkyl halides is 2. The van der Waals surface area contributed by atoms with Gasteiger partial charge in [0, 0.05) is 28.8 Å². The van der Waals surface area contributed by atoms with Crippen LogP contribution in [0.3, 0.4) is 0 Å². The second kappa shape index (κ2) is 7.39. The maximum absolute atomic E-state index is 13.6. The number of halogens is 3. The molecule has 0 saturated carbocycles. The largest absolute Gasteiger partial charge is 0.496 e. The number of nitrogens with two attached hydrogens (primary N) is 1. The van der Waals surface area contributed by atoms with Crippen molar-refractivity contribution in [3.8, 4) is 22.8 Å². The van der Waals surface area contributed by atoms with Gasteiger partial charge in [-0.15, -0.1) is 0 Å². The molecule has 30 heavy (non-hydrogen) atoms. The number of nitrogen functional groups attached to an aromatic ring is 1. The summed E-state index contributed by atoms with van der Waals surface area (Å²) in [6, 6.07) is 3.47. The molecule has 158 valence electrons. The summed E-state index contributed by atoms with van der Waals surface area (Å²) < 4.78 is 38.1. The zero-order valence-electron chi connectivity index (χ0n) is 16.7. The number of anilines is 2. The molecule has 4 rings (SSSR count). The summed E-state index contributed by atoms with van der Waals surface area (Å²) in [6.45, 7) is 1.07. The molecule has 0 unspecified atom stereocenters. The normalized spacial score (nSPS) is 15.2. The van der Waals surface area contributed by atoms with E-state index >= 15 is 0 Å². The molecule has 1 aromatic carbocycles. The molecule has 0 amide bonds. The highest BCUT2D eigenvalue weighted by atomic mass is 35.5. The summed E-state index contributed by atoms with van der Waals surface area (Å²) in [5, 5.41) is 0.970. The van der Waals surface area contributed by atoms with E-state index in [1.54, 1.807) is 25.4 Å². The number of rotatable bonds is 5. The third-order valence-electron chi connectivity index (χ3n) is 5.06. The number of methoxy groups -OCH3 is 2. The Hall–Kier alpha value is -2.94. The van der Waals surface area contributed by atoms with Crippen LogP contribution in [0.4, 0.5) is 20.5 Å². The minimum Gasteiger partial charge on any atom is -0.496 e. The smallest absolute Gasteiger partial charge is 0.282 e. The Labute approximate surface area is 176 Å². The van der Waals surface area contributed by atoms with Gasteiger partial charge in [-0.3, -0.25) is 0 Å². The van der Waals surface area contributed by atoms with Gasteiger partial charge >= 0.3 is 0 Å². The Morgan fingerprint density at radius 3 is 2.47 bits per heavy atom. The van der Waals surface area contributed by atoms with Gasteiger partial charge in [0.05, 0.1) is 38.0 Å². The van der Waals surface area contributed by atoms with Gasteiger partial charge in [-0.25, -0.2) is 23.7 Å². The summed E-state index contributed by atoms with van der Waals surface area (Å²) in [5.74, 6) is -1.40. The van der Waals surface area contributed by atoms with Crippen molar-refractivity contribution in [1.82, 2.24) is 15.0 Å². The van der Waals surface area contributed by atoms with E-state index < -0.39 is 19.0 Å². The number of fused-ring (bicyclic) bond motifs is 1. The summed E-state index contributed by atoms with van der Waals surface area (Å²) in [7, 11) is 3.07. The fourth-order valence-electron chi connectivity index (χ4n) is 3.64. The number of aromatic nitrogens is 3. The van der Waals surface area contributed by atoms with Gasteiger partial charge in [-0.2, -0.15) is 0 Å². The van der Waals surface area contributed by atoms with E-state index in [0.717, 1.165) is 5.56 Å². The third kappa shape index (κ3) is 3.32. The zero-order chi connectivity index (χ0) is 21.6. The maximum Gasteiger partial charge on any atom is 0.282 e. The molecule has 10 heteroatoms. The van der Waals surface area contributed by atoms with Crippen LogP contribution in [0.1, 0.15) is 12.5 Å². The molecule has 3 heterocycles. The number of hydrogen-bond donors (Lipinski definition) is 1. The Morgan fingerprint density at radius 2 is 1.87 bits per heavy atom. The van der Waals surface area contributed by atoms with Crippen molar-refractivity contribution in [2.75, 3.05) is 37.9 Å². The standard InChI is InChI=1S/C20H20ClF2N5O2/c1-4-11-13(29-2)6-14(30-3)16(21)15(11)12-5-10-7-25-19(24)27-17(10)18(26-12)28-8-20(22,23)9-28/h5-7H,4,8-9H2,1-3H3,(H2,24,25,27). The van der Waals surface area contributed by atoms with Gasteiger partial charge in [0.1, 0.15) is 17.0 Å². The number of pyridine rings is 1. The van der Waals surface area contributed by atoms with Crippen molar-refractivity contribution < 1.29 is 18.3 Å². The van der Waals surface area contributed by atoms with E-state index in [4.69, 9.17) is 26.8 Å². The Balaban J connectivity index is 2.00. The Bertz CT molecular complexity index is 1130. The molecular formula is C20H20ClF2N5O2. The van der Waals surface area contributed by atoms with Gasteiger partial charge in [0.15, 0.2) is 5.82 Å². The van der Waals surface area contributed by atoms with E-state index in [-0.39, 0.29) is 5.95 Å². The molecule has 2 N–H and O–H groups in total. The molecule has 0 bridgehead atoms. The lowest BCUT2D eigenvalue weighted by atomic mass is 9.98. The molecule has 3 aromatic rings. The summed E-state index contributed by atoms with van der Waals surface area (Å²) in [4.78, 5) is 14.4. The van der Waals surface area contributed by atoms with Crippen LogP contribution >= 0.6 is 11.6 Å². The summed E-state index contributed by atoms with van der Waals surface area (Å²) >= 11 is 6.65. The molecule has 1 fully saturated rings. The van der Waals surface area contributed by atoms with Crippen molar-refractivity contribution >= 4 is 34.3 Å². The molecule has 7 nitrogen and oxygen atoms in total. The number of hydrogen-bond acceptors (Lipinski definition) is 7. The predicted octanol–water partition coefficient (Wildman–Crippen LogP) is 3.96. The number of ether oxygens (including phenoxy) is 2. The van der Waals surface area contributed by atoms with Crippen LogP contribution in [0.15, 0.2) is 18.3 Å². The van der Waals surface area contributed by atoms with E-state index in [9.17, 15) is 8.78 Å². The van der Waals surface area contributed by atoms with Crippen LogP contribution in [0, 0.1) is 0 Å². The van der Waals surface area contributed by atoms with Gasteiger partial charge < -0.3 is 20.1 Å². The predicted molar refractivity (Wildman–Crippen MR) is 112 cm³/mol. The van der Waals surface area contributed by atoms with Crippen molar-refractivity contribution in [2.45, 2.75) is 19.3 Å². The molecule has 0 spiro atoms. The highest BCUT2D eigenvalue weighted by Crippen LogP contribution is 2.44. The topological polar surface area (TPSA) is 86.4 Å². The summed E-state index contributed by atoms with van der Waals surface area (Å²) in [5.41, 5.74) is 8.06. The second-order valence-corrected chi connectivity index (χ2v) is 7.39. The maximum atomic E-state index is 13.6. The van der Waals surface area contributed by atoms with Gasteiger partial charge in [-0.1, -0.05) is 18.5 Å². The zero-order valence-corrected chi connectivity index (χ0v) is 17.4. The lowest BCUT2D eigenvalue weighted by Crippen LogP contribution is -2.56. The minimum absolute atomic E-state index is 0.0425. The fourth-order valence-corrected chi connectivity index (χ4v) is 3.99. The van der Waals surface area contributed by atoms with E-state index in [1.165, 1.54) is 12.0 Å². The number of nitrogens with zero attached hydrogens (tertiary/aromatic N) is 4. The molecule has 2 aromatic heterocycles. The van der Waals surface area contributed by atoms with Crippen molar-refractivity contribution in [3.63, 3.8) is 0 Å². The molecule has 0 radical (unpaired) electrons. The molecule has 1 aliphatic heterocycles. The molecular weight excluding hydrogens is 416 g/mol. The van der Waals surface area contributed by atoms with Crippen molar-refractivity contribution in [1.29, 1.82) is 0 Å². The molecule has 0 atom stereocenters. The SMILES string of the molecule is CCc1c(OC)cc(OC)c(Cl)c1-c1cc2cnc(N)nc2c(N2CC(F)(F)C2)n1. The quantitative estimate of drug-likeness (QED) is 0.649. The first-order chi connectivity index (χ1) is 14.3. The lowest BCUT2D eigenvalue weighted by molar-refractivity contribution is -0.0265. The monoisotopic (exact) mass is 435 g/mol. The van der Waals surface area contributed by atoms with Gasteiger partial charge in [-0.05, 0) is 12.5 Å². The first kappa shape index (κ1) is 20.3. The fraction of sp³-hybridized carbons (Fsp3) is 0.350. The minimum atomic E-state index is -2.77. The average molecular weight is 436 g/mol. The van der Waals surface area contributed by atoms with E-state index in [2.05, 4.69) is 15.0 Å². The molecule has 1 aliphatic rings. The third-order valence-corrected chi connectivity index (χ3v) is 5.43. The van der Waals surface area contributed by atoms with Gasteiger partial charge in [0.2, 0.25) is 5.95 Å². The molecule has 0 aliphatic carbocycles. The summed E-state index contributed by atoms with van der Waals surface area (Å²) in [6.07, 6.45) is 2.15. The Morgan fingerprint density at radius 1 is 1.17 bits per heavy atom. The van der Waals surface area contributed by atoms with Crippen LogP contribution in [0.5, 0.6) is 11.5 Å². The second-order valence-electron chi connectivity index (χ2n) is 7.01. The first-order valence-corrected chi connectivity index (χ1v) is 9.65. The highest BCUT2D eigenvalue weighted by molar-refractivity contribution is 6.35. The van der Waals surface area contributed by atoms with E-state index in [0.29, 0.717) is 50.9 Å². The van der Waals surface area contributed by atoms with Gasteiger partial charge in [0.25, 0.3) is 5.92 Å². The van der Waals surface area contributed by atoms with Crippen molar-refractivity contribution in [2.24, 2.45) is 0 Å². The van der Waals surface area contributed by atoms with Crippen LogP contribution in [0.25, 0.3) is 22.2 Å². The van der Waals surface area contributed by atoms with Crippen molar-refractivity contribution in [3.05, 3.63) is 28.9 Å². The van der Waals surface area contributed by atoms with Crippen LogP contribution < -0.4 is 20.1 Å². The van der Waals surface area contributed by atoms with Crippen LogP contribution in [-0.2, 0) is 6.42 Å².